The molecule has 1 saturated heterocycles. The average Bonchev–Trinajstić information content (AvgIpc) is 3.48. The van der Waals surface area contributed by atoms with E-state index in [4.69, 9.17) is 11.6 Å². The zero-order valence-electron chi connectivity index (χ0n) is 18.6. The van der Waals surface area contributed by atoms with Crippen LogP contribution < -0.4 is 0 Å². The molecule has 1 aliphatic heterocycles. The quantitative estimate of drug-likeness (QED) is 0.490. The van der Waals surface area contributed by atoms with E-state index in [0.29, 0.717) is 5.56 Å². The highest BCUT2D eigenvalue weighted by atomic mass is 35.5. The normalized spacial score (nSPS) is 25.5. The minimum atomic E-state index is -0.633. The highest BCUT2D eigenvalue weighted by Gasteiger charge is 2.62. The first kappa shape index (κ1) is 21.8. The number of Topliss-reactive ketones (excluding diaryl/α,β-unsaturated/α-hetero) is 1. The minimum absolute atomic E-state index is 0.146. The summed E-state index contributed by atoms with van der Waals surface area (Å²) in [6.45, 7) is 3.44. The number of hydrogen-bond donors (Lipinski definition) is 0. The summed E-state index contributed by atoms with van der Waals surface area (Å²) in [5.74, 6) is -2.16. The van der Waals surface area contributed by atoms with Gasteiger partial charge in [0.15, 0.2) is 5.78 Å². The summed E-state index contributed by atoms with van der Waals surface area (Å²) in [6, 6.07) is 11.8. The fourth-order valence-electron chi connectivity index (χ4n) is 5.78. The van der Waals surface area contributed by atoms with Crippen LogP contribution in [-0.4, -0.2) is 40.1 Å². The number of fused-ring (bicyclic) bond motifs is 5. The SMILES string of the molecule is Cc1ccc(C(=O)CN(C(=O)c2ccccc2Cl)N2C(=O)[C@@H]3[C@H]4CC[C@@H](C4)[C@@H]3C2=O)cc1C. The van der Waals surface area contributed by atoms with Crippen molar-refractivity contribution >= 4 is 35.1 Å². The Kier molecular flexibility index (Phi) is 5.36. The van der Waals surface area contributed by atoms with Crippen molar-refractivity contribution in [3.63, 3.8) is 0 Å². The maximum atomic E-state index is 13.6. The second-order valence-electron chi connectivity index (χ2n) is 9.44. The van der Waals surface area contributed by atoms with Crippen LogP contribution in [0.15, 0.2) is 42.5 Å². The van der Waals surface area contributed by atoms with Crippen LogP contribution in [0, 0.1) is 37.5 Å². The van der Waals surface area contributed by atoms with Gasteiger partial charge < -0.3 is 0 Å². The van der Waals surface area contributed by atoms with E-state index >= 15 is 0 Å². The van der Waals surface area contributed by atoms with Crippen LogP contribution in [0.2, 0.25) is 5.02 Å². The van der Waals surface area contributed by atoms with E-state index in [1.165, 1.54) is 6.07 Å². The third-order valence-electron chi connectivity index (χ3n) is 7.61. The smallest absolute Gasteiger partial charge is 0.274 e. The van der Waals surface area contributed by atoms with E-state index in [9.17, 15) is 19.2 Å². The van der Waals surface area contributed by atoms with Crippen molar-refractivity contribution < 1.29 is 19.2 Å². The van der Waals surface area contributed by atoms with Crippen LogP contribution in [-0.2, 0) is 9.59 Å². The molecule has 2 bridgehead atoms. The van der Waals surface area contributed by atoms with Crippen molar-refractivity contribution in [2.45, 2.75) is 33.1 Å². The second kappa shape index (κ2) is 8.10. The van der Waals surface area contributed by atoms with Crippen molar-refractivity contribution in [3.05, 3.63) is 69.7 Å². The number of carbonyl (C=O) groups is 4. The van der Waals surface area contributed by atoms with Gasteiger partial charge in [0, 0.05) is 5.56 Å². The zero-order valence-corrected chi connectivity index (χ0v) is 19.3. The summed E-state index contributed by atoms with van der Waals surface area (Å²) >= 11 is 6.27. The minimum Gasteiger partial charge on any atom is -0.292 e. The van der Waals surface area contributed by atoms with Gasteiger partial charge in [0.05, 0.1) is 22.4 Å². The number of benzene rings is 2. The molecule has 33 heavy (non-hydrogen) atoms. The Morgan fingerprint density at radius 1 is 0.970 bits per heavy atom. The highest BCUT2D eigenvalue weighted by molar-refractivity contribution is 6.34. The number of halogens is 1. The van der Waals surface area contributed by atoms with Gasteiger partial charge in [-0.15, -0.1) is 0 Å². The lowest BCUT2D eigenvalue weighted by atomic mass is 9.81. The third-order valence-corrected chi connectivity index (χ3v) is 7.94. The number of rotatable bonds is 5. The maximum Gasteiger partial charge on any atom is 0.274 e. The summed E-state index contributed by atoms with van der Waals surface area (Å²) in [7, 11) is 0. The van der Waals surface area contributed by atoms with Crippen LogP contribution in [0.5, 0.6) is 0 Å². The Balaban J connectivity index is 1.52. The van der Waals surface area contributed by atoms with Gasteiger partial charge in [0.1, 0.15) is 6.54 Å². The number of hydrogen-bond acceptors (Lipinski definition) is 4. The molecule has 5 rings (SSSR count). The predicted octanol–water partition coefficient (Wildman–Crippen LogP) is 4.23. The van der Waals surface area contributed by atoms with Crippen LogP contribution >= 0.6 is 11.6 Å². The van der Waals surface area contributed by atoms with Crippen LogP contribution in [0.25, 0.3) is 0 Å². The van der Waals surface area contributed by atoms with Gasteiger partial charge in [-0.3, -0.25) is 19.2 Å². The largest absolute Gasteiger partial charge is 0.292 e. The van der Waals surface area contributed by atoms with E-state index in [-0.39, 0.29) is 40.0 Å². The van der Waals surface area contributed by atoms with E-state index in [1.54, 1.807) is 30.3 Å². The summed E-state index contributed by atoms with van der Waals surface area (Å²) in [5, 5.41) is 2.16. The predicted molar refractivity (Wildman–Crippen MR) is 122 cm³/mol. The van der Waals surface area contributed by atoms with Gasteiger partial charge in [0.2, 0.25) is 0 Å². The van der Waals surface area contributed by atoms with Gasteiger partial charge in [-0.1, -0.05) is 35.9 Å². The van der Waals surface area contributed by atoms with E-state index in [1.807, 2.05) is 19.9 Å². The number of hydrazine groups is 1. The summed E-state index contributed by atoms with van der Waals surface area (Å²) in [4.78, 5) is 53.7. The Morgan fingerprint density at radius 2 is 1.61 bits per heavy atom. The molecule has 2 aromatic rings. The van der Waals surface area contributed by atoms with E-state index < -0.39 is 24.3 Å². The molecule has 4 atom stereocenters. The molecular weight excluding hydrogens is 440 g/mol. The molecule has 3 fully saturated rings. The number of amides is 3. The number of aryl methyl sites for hydroxylation is 2. The molecule has 170 valence electrons. The number of ketones is 1. The van der Waals surface area contributed by atoms with Crippen molar-refractivity contribution in [3.8, 4) is 0 Å². The number of nitrogens with zero attached hydrogens (tertiary/aromatic N) is 2. The molecule has 0 radical (unpaired) electrons. The molecule has 3 aliphatic rings. The lowest BCUT2D eigenvalue weighted by Gasteiger charge is -2.31. The number of carbonyl (C=O) groups excluding carboxylic acids is 4. The van der Waals surface area contributed by atoms with Crippen molar-refractivity contribution in [2.75, 3.05) is 6.54 Å². The highest BCUT2D eigenvalue weighted by Crippen LogP contribution is 2.56. The summed E-state index contributed by atoms with van der Waals surface area (Å²) in [6.07, 6.45) is 2.75. The van der Waals surface area contributed by atoms with Gasteiger partial charge in [-0.05, 0) is 74.3 Å². The van der Waals surface area contributed by atoms with Crippen LogP contribution in [0.4, 0.5) is 0 Å². The van der Waals surface area contributed by atoms with Gasteiger partial charge in [-0.2, -0.15) is 5.01 Å². The fraction of sp³-hybridized carbons (Fsp3) is 0.385. The molecule has 0 unspecified atom stereocenters. The molecule has 6 nitrogen and oxygen atoms in total. The zero-order chi connectivity index (χ0) is 23.4. The van der Waals surface area contributed by atoms with Crippen LogP contribution in [0.3, 0.4) is 0 Å². The Labute approximate surface area is 197 Å². The Hall–Kier alpha value is -2.99. The van der Waals surface area contributed by atoms with Crippen molar-refractivity contribution in [1.29, 1.82) is 0 Å². The van der Waals surface area contributed by atoms with E-state index in [2.05, 4.69) is 0 Å². The van der Waals surface area contributed by atoms with E-state index in [0.717, 1.165) is 40.4 Å². The molecule has 2 aromatic carbocycles. The van der Waals surface area contributed by atoms with Crippen LogP contribution in [0.1, 0.15) is 51.1 Å². The fourth-order valence-corrected chi connectivity index (χ4v) is 6.00. The first-order valence-corrected chi connectivity index (χ1v) is 11.7. The summed E-state index contributed by atoms with van der Waals surface area (Å²) in [5.41, 5.74) is 2.56. The standard InChI is InChI=1S/C26H25ClN2O4/c1-14-7-8-16(11-15(14)2)21(30)13-28(24(31)19-5-3-4-6-20(19)27)29-25(32)22-17-9-10-18(12-17)23(22)26(29)33/h3-8,11,17-18,22-23H,9-10,12-13H2,1-2H3/t17-,18-,22-,23+/m0/s1. The van der Waals surface area contributed by atoms with Crippen molar-refractivity contribution in [1.82, 2.24) is 10.0 Å². The first-order chi connectivity index (χ1) is 15.8. The molecule has 2 saturated carbocycles. The average molecular weight is 465 g/mol. The molecule has 2 aliphatic carbocycles. The topological polar surface area (TPSA) is 74.8 Å². The monoisotopic (exact) mass is 464 g/mol. The molecule has 0 N–H and O–H groups in total. The lowest BCUT2D eigenvalue weighted by molar-refractivity contribution is -0.154. The second-order valence-corrected chi connectivity index (χ2v) is 9.85. The Bertz CT molecular complexity index is 1160. The molecule has 3 amide bonds. The molecule has 0 aromatic heterocycles. The Morgan fingerprint density at radius 3 is 2.21 bits per heavy atom. The third kappa shape index (κ3) is 3.48. The molecular formula is C26H25ClN2O4. The first-order valence-electron chi connectivity index (χ1n) is 11.3. The molecule has 0 spiro atoms. The lowest BCUT2D eigenvalue weighted by Crippen LogP contribution is -2.52. The molecule has 7 heteroatoms. The van der Waals surface area contributed by atoms with Crippen molar-refractivity contribution in [2.24, 2.45) is 23.7 Å². The number of imide groups is 1. The van der Waals surface area contributed by atoms with Gasteiger partial charge >= 0.3 is 0 Å². The maximum absolute atomic E-state index is 13.6. The summed E-state index contributed by atoms with van der Waals surface area (Å²) < 4.78 is 0. The molecule has 1 heterocycles. The van der Waals surface area contributed by atoms with Gasteiger partial charge in [0.25, 0.3) is 17.7 Å². The van der Waals surface area contributed by atoms with Gasteiger partial charge in [-0.25, -0.2) is 5.01 Å².